The van der Waals surface area contributed by atoms with Gasteiger partial charge in [0.05, 0.1) is 18.2 Å². The van der Waals surface area contributed by atoms with Crippen molar-refractivity contribution in [1.29, 1.82) is 0 Å². The van der Waals surface area contributed by atoms with Crippen molar-refractivity contribution >= 4 is 11.8 Å². The highest BCUT2D eigenvalue weighted by Gasteiger charge is 2.31. The second kappa shape index (κ2) is 7.80. The lowest BCUT2D eigenvalue weighted by Crippen LogP contribution is -2.55. The summed E-state index contributed by atoms with van der Waals surface area (Å²) in [5, 5.41) is 1.31. The lowest BCUT2D eigenvalue weighted by atomic mass is 10.1. The summed E-state index contributed by atoms with van der Waals surface area (Å²) >= 11 is 0. The summed E-state index contributed by atoms with van der Waals surface area (Å²) in [4.78, 5) is 26.0. The molecular formula is C21H24N2O5. The summed E-state index contributed by atoms with van der Waals surface area (Å²) in [6, 6.07) is 11.8. The second-order valence-corrected chi connectivity index (χ2v) is 7.31. The number of methoxy groups -OCH3 is 1. The first-order valence-corrected chi connectivity index (χ1v) is 8.99. The maximum absolute atomic E-state index is 13.2. The highest BCUT2D eigenvalue weighted by molar-refractivity contribution is 6.01. The highest BCUT2D eigenvalue weighted by atomic mass is 16.6. The Labute approximate surface area is 164 Å². The van der Waals surface area contributed by atoms with Crippen molar-refractivity contribution in [3.63, 3.8) is 0 Å². The molecular weight excluding hydrogens is 360 g/mol. The van der Waals surface area contributed by atoms with Crippen molar-refractivity contribution in [2.45, 2.75) is 26.3 Å². The Kier molecular flexibility index (Phi) is 5.44. The monoisotopic (exact) mass is 384 g/mol. The Bertz CT molecular complexity index is 889. The van der Waals surface area contributed by atoms with Crippen LogP contribution in [0.3, 0.4) is 0 Å². The fourth-order valence-corrected chi connectivity index (χ4v) is 2.82. The summed E-state index contributed by atoms with van der Waals surface area (Å²) in [6.07, 6.45) is 0. The molecule has 3 rings (SSSR count). The zero-order chi connectivity index (χ0) is 20.3. The van der Waals surface area contributed by atoms with E-state index in [1.165, 1.54) is 12.1 Å². The number of hydrogen-bond acceptors (Lipinski definition) is 5. The normalized spacial score (nSPS) is 12.9. The molecule has 2 aromatic rings. The third kappa shape index (κ3) is 4.03. The van der Waals surface area contributed by atoms with Crippen LogP contribution < -0.4 is 19.6 Å². The molecule has 1 heterocycles. The maximum atomic E-state index is 13.2. The zero-order valence-electron chi connectivity index (χ0n) is 16.4. The van der Waals surface area contributed by atoms with E-state index in [2.05, 4.69) is 5.43 Å². The molecule has 2 amide bonds. The van der Waals surface area contributed by atoms with E-state index in [1.807, 2.05) is 20.8 Å². The Morgan fingerprint density at radius 1 is 1.04 bits per heavy atom. The van der Waals surface area contributed by atoms with Gasteiger partial charge in [-0.2, -0.15) is 0 Å². The van der Waals surface area contributed by atoms with Crippen LogP contribution in [0.4, 0.5) is 0 Å². The molecule has 1 aliphatic rings. The van der Waals surface area contributed by atoms with E-state index < -0.39 is 11.4 Å². The van der Waals surface area contributed by atoms with Crippen molar-refractivity contribution in [2.75, 3.05) is 20.3 Å². The van der Waals surface area contributed by atoms with Gasteiger partial charge in [0.25, 0.3) is 11.8 Å². The number of hydrazine groups is 1. The molecule has 0 saturated carbocycles. The number of benzene rings is 2. The van der Waals surface area contributed by atoms with E-state index in [9.17, 15) is 9.59 Å². The van der Waals surface area contributed by atoms with E-state index in [-0.39, 0.29) is 5.91 Å². The Morgan fingerprint density at radius 3 is 2.39 bits per heavy atom. The van der Waals surface area contributed by atoms with E-state index in [4.69, 9.17) is 14.2 Å². The first-order chi connectivity index (χ1) is 13.3. The molecule has 0 radical (unpaired) electrons. The SMILES string of the molecule is COc1ccccc1C(=O)N(NC(=O)c1ccc2c(c1)OCCO2)C(C)(C)C. The van der Waals surface area contributed by atoms with Crippen molar-refractivity contribution < 1.29 is 23.8 Å². The molecule has 0 bridgehead atoms. The van der Waals surface area contributed by atoms with Crippen LogP contribution in [0, 0.1) is 0 Å². The summed E-state index contributed by atoms with van der Waals surface area (Å²) < 4.78 is 16.3. The molecule has 2 aromatic carbocycles. The quantitative estimate of drug-likeness (QED) is 0.823. The fraction of sp³-hybridized carbons (Fsp3) is 0.333. The van der Waals surface area contributed by atoms with Crippen LogP contribution in [-0.2, 0) is 0 Å². The van der Waals surface area contributed by atoms with Gasteiger partial charge in [-0.05, 0) is 51.1 Å². The van der Waals surface area contributed by atoms with Crippen LogP contribution in [0.5, 0.6) is 17.2 Å². The number of carbonyl (C=O) groups is 2. The molecule has 0 aromatic heterocycles. The van der Waals surface area contributed by atoms with Gasteiger partial charge in [-0.25, -0.2) is 5.01 Å². The molecule has 7 nitrogen and oxygen atoms in total. The second-order valence-electron chi connectivity index (χ2n) is 7.31. The molecule has 148 valence electrons. The predicted octanol–water partition coefficient (Wildman–Crippen LogP) is 3.05. The fourth-order valence-electron chi connectivity index (χ4n) is 2.82. The van der Waals surface area contributed by atoms with Crippen LogP contribution in [0.2, 0.25) is 0 Å². The number of amides is 2. The number of carbonyl (C=O) groups excluding carboxylic acids is 2. The molecule has 0 aliphatic carbocycles. The number of para-hydroxylation sites is 1. The van der Waals surface area contributed by atoms with Gasteiger partial charge in [0.2, 0.25) is 0 Å². The van der Waals surface area contributed by atoms with E-state index in [0.717, 1.165) is 0 Å². The third-order valence-electron chi connectivity index (χ3n) is 4.23. The number of nitrogens with one attached hydrogen (secondary N) is 1. The minimum atomic E-state index is -0.665. The zero-order valence-corrected chi connectivity index (χ0v) is 16.4. The van der Waals surface area contributed by atoms with Gasteiger partial charge in [0.15, 0.2) is 11.5 Å². The van der Waals surface area contributed by atoms with Crippen molar-refractivity contribution in [1.82, 2.24) is 10.4 Å². The molecule has 28 heavy (non-hydrogen) atoms. The summed E-state index contributed by atoms with van der Waals surface area (Å²) in [7, 11) is 1.50. The van der Waals surface area contributed by atoms with Crippen molar-refractivity contribution in [2.24, 2.45) is 0 Å². The van der Waals surface area contributed by atoms with Gasteiger partial charge < -0.3 is 14.2 Å². The molecule has 0 atom stereocenters. The molecule has 1 N–H and O–H groups in total. The predicted molar refractivity (Wildman–Crippen MR) is 104 cm³/mol. The lowest BCUT2D eigenvalue weighted by molar-refractivity contribution is 0.0356. The number of rotatable bonds is 3. The number of hydrogen-bond donors (Lipinski definition) is 1. The molecule has 0 fully saturated rings. The van der Waals surface area contributed by atoms with Crippen LogP contribution in [-0.4, -0.2) is 42.7 Å². The molecule has 7 heteroatoms. The summed E-state index contributed by atoms with van der Waals surface area (Å²) in [6.45, 7) is 6.42. The number of ether oxygens (including phenoxy) is 3. The van der Waals surface area contributed by atoms with Gasteiger partial charge in [0, 0.05) is 5.56 Å². The lowest BCUT2D eigenvalue weighted by Gasteiger charge is -2.35. The minimum absolute atomic E-state index is 0.363. The Morgan fingerprint density at radius 2 is 1.71 bits per heavy atom. The van der Waals surface area contributed by atoms with Crippen LogP contribution in [0.25, 0.3) is 0 Å². The van der Waals surface area contributed by atoms with Gasteiger partial charge >= 0.3 is 0 Å². The molecule has 0 unspecified atom stereocenters. The third-order valence-corrected chi connectivity index (χ3v) is 4.23. The maximum Gasteiger partial charge on any atom is 0.276 e. The summed E-state index contributed by atoms with van der Waals surface area (Å²) in [5.41, 5.74) is 2.79. The molecule has 0 saturated heterocycles. The average Bonchev–Trinajstić information content (AvgIpc) is 2.70. The standard InChI is InChI=1S/C21H24N2O5/c1-21(2,3)23(20(25)15-7-5-6-8-16(15)26-4)22-19(24)14-9-10-17-18(13-14)28-12-11-27-17/h5-10,13H,11-12H2,1-4H3,(H,22,24). The van der Waals surface area contributed by atoms with Crippen LogP contribution in [0.15, 0.2) is 42.5 Å². The first kappa shape index (κ1) is 19.5. The Balaban J connectivity index is 1.87. The Hall–Kier alpha value is -3.22. The van der Waals surface area contributed by atoms with E-state index in [1.54, 1.807) is 42.5 Å². The molecule has 0 spiro atoms. The largest absolute Gasteiger partial charge is 0.496 e. The first-order valence-electron chi connectivity index (χ1n) is 8.99. The highest BCUT2D eigenvalue weighted by Crippen LogP contribution is 2.31. The van der Waals surface area contributed by atoms with Crippen LogP contribution >= 0.6 is 0 Å². The van der Waals surface area contributed by atoms with Gasteiger partial charge in [-0.3, -0.25) is 15.0 Å². The van der Waals surface area contributed by atoms with Crippen LogP contribution in [0.1, 0.15) is 41.5 Å². The topological polar surface area (TPSA) is 77.1 Å². The number of fused-ring (bicyclic) bond motifs is 1. The minimum Gasteiger partial charge on any atom is -0.496 e. The van der Waals surface area contributed by atoms with Gasteiger partial charge in [-0.1, -0.05) is 12.1 Å². The average molecular weight is 384 g/mol. The van der Waals surface area contributed by atoms with Gasteiger partial charge in [0.1, 0.15) is 19.0 Å². The van der Waals surface area contributed by atoms with Crippen molar-refractivity contribution in [3.05, 3.63) is 53.6 Å². The van der Waals surface area contributed by atoms with E-state index in [0.29, 0.717) is 41.6 Å². The number of nitrogens with zero attached hydrogens (tertiary/aromatic N) is 1. The van der Waals surface area contributed by atoms with E-state index >= 15 is 0 Å². The van der Waals surface area contributed by atoms with Crippen molar-refractivity contribution in [3.8, 4) is 17.2 Å². The summed E-state index contributed by atoms with van der Waals surface area (Å²) in [5.74, 6) is 0.763. The smallest absolute Gasteiger partial charge is 0.276 e. The molecule has 1 aliphatic heterocycles. The van der Waals surface area contributed by atoms with Gasteiger partial charge in [-0.15, -0.1) is 0 Å².